The zero-order valence-electron chi connectivity index (χ0n) is 13.4. The minimum Gasteiger partial charge on any atom is -0.369 e. The molecule has 1 saturated carbocycles. The van der Waals surface area contributed by atoms with Gasteiger partial charge in [0, 0.05) is 56.7 Å². The summed E-state index contributed by atoms with van der Waals surface area (Å²) in [5, 5.41) is 3.54. The zero-order chi connectivity index (χ0) is 14.7. The summed E-state index contributed by atoms with van der Waals surface area (Å²) in [6.45, 7) is 10.1. The van der Waals surface area contributed by atoms with Crippen molar-refractivity contribution in [3.8, 4) is 0 Å². The highest BCUT2D eigenvalue weighted by Gasteiger charge is 2.22. The fourth-order valence-corrected chi connectivity index (χ4v) is 2.97. The SMILES string of the molecule is CCC(C)N1CCN(c2ccnc(CNC3CC3)c2)CC1. The molecule has 2 fully saturated rings. The van der Waals surface area contributed by atoms with Crippen molar-refractivity contribution < 1.29 is 0 Å². The number of rotatable bonds is 6. The van der Waals surface area contributed by atoms with Gasteiger partial charge in [-0.05, 0) is 38.3 Å². The van der Waals surface area contributed by atoms with Crippen molar-refractivity contribution >= 4 is 5.69 Å². The van der Waals surface area contributed by atoms with E-state index in [4.69, 9.17) is 0 Å². The van der Waals surface area contributed by atoms with Gasteiger partial charge < -0.3 is 10.2 Å². The number of piperazine rings is 1. The van der Waals surface area contributed by atoms with Crippen LogP contribution in [0.5, 0.6) is 0 Å². The quantitative estimate of drug-likeness (QED) is 0.870. The zero-order valence-corrected chi connectivity index (χ0v) is 13.4. The summed E-state index contributed by atoms with van der Waals surface area (Å²) in [4.78, 5) is 9.60. The van der Waals surface area contributed by atoms with E-state index in [2.05, 4.69) is 46.1 Å². The first-order valence-electron chi connectivity index (χ1n) is 8.43. The van der Waals surface area contributed by atoms with Crippen molar-refractivity contribution in [1.82, 2.24) is 15.2 Å². The molecule has 2 aliphatic rings. The number of anilines is 1. The van der Waals surface area contributed by atoms with Crippen molar-refractivity contribution in [2.75, 3.05) is 31.1 Å². The van der Waals surface area contributed by atoms with E-state index in [1.165, 1.54) is 43.7 Å². The molecular formula is C17H28N4. The molecule has 1 aliphatic heterocycles. The van der Waals surface area contributed by atoms with Crippen LogP contribution < -0.4 is 10.2 Å². The molecule has 0 radical (unpaired) electrons. The molecule has 21 heavy (non-hydrogen) atoms. The van der Waals surface area contributed by atoms with Gasteiger partial charge >= 0.3 is 0 Å². The molecule has 0 aromatic carbocycles. The molecule has 1 saturated heterocycles. The third-order valence-corrected chi connectivity index (χ3v) is 4.84. The fourth-order valence-electron chi connectivity index (χ4n) is 2.97. The number of nitrogens with one attached hydrogen (secondary N) is 1. The van der Waals surface area contributed by atoms with Crippen LogP contribution in [-0.2, 0) is 6.54 Å². The second-order valence-electron chi connectivity index (χ2n) is 6.44. The molecule has 116 valence electrons. The molecule has 4 heteroatoms. The summed E-state index contributed by atoms with van der Waals surface area (Å²) in [7, 11) is 0. The second-order valence-corrected chi connectivity index (χ2v) is 6.44. The smallest absolute Gasteiger partial charge is 0.0562 e. The summed E-state index contributed by atoms with van der Waals surface area (Å²) in [6.07, 6.45) is 5.86. The highest BCUT2D eigenvalue weighted by molar-refractivity contribution is 5.47. The maximum absolute atomic E-state index is 4.49. The van der Waals surface area contributed by atoms with E-state index in [0.29, 0.717) is 6.04 Å². The number of pyridine rings is 1. The van der Waals surface area contributed by atoms with E-state index in [1.807, 2.05) is 6.20 Å². The highest BCUT2D eigenvalue weighted by Crippen LogP contribution is 2.21. The Bertz CT molecular complexity index is 450. The first kappa shape index (κ1) is 14.8. The predicted molar refractivity (Wildman–Crippen MR) is 87.6 cm³/mol. The fraction of sp³-hybridized carbons (Fsp3) is 0.706. The lowest BCUT2D eigenvalue weighted by Gasteiger charge is -2.39. The normalized spacial score (nSPS) is 21.5. The molecule has 1 aromatic heterocycles. The Hall–Kier alpha value is -1.13. The maximum atomic E-state index is 4.49. The van der Waals surface area contributed by atoms with Gasteiger partial charge in [-0.1, -0.05) is 6.92 Å². The average molecular weight is 288 g/mol. The standard InChI is InChI=1S/C17H28N4/c1-3-14(2)20-8-10-21(11-9-20)17-6-7-18-16(12-17)13-19-15-4-5-15/h6-7,12,14-15,19H,3-5,8-11,13H2,1-2H3. The van der Waals surface area contributed by atoms with Gasteiger partial charge in [0.25, 0.3) is 0 Å². The Kier molecular flexibility index (Phi) is 4.76. The minimum absolute atomic E-state index is 0.711. The lowest BCUT2D eigenvalue weighted by Crippen LogP contribution is -2.49. The minimum atomic E-state index is 0.711. The van der Waals surface area contributed by atoms with E-state index in [0.717, 1.165) is 25.7 Å². The van der Waals surface area contributed by atoms with Crippen LogP contribution in [0.15, 0.2) is 18.3 Å². The van der Waals surface area contributed by atoms with E-state index in [1.54, 1.807) is 0 Å². The maximum Gasteiger partial charge on any atom is 0.0562 e. The van der Waals surface area contributed by atoms with Gasteiger partial charge in [-0.15, -0.1) is 0 Å². The molecule has 1 N–H and O–H groups in total. The third kappa shape index (κ3) is 3.95. The first-order chi connectivity index (χ1) is 10.3. The van der Waals surface area contributed by atoms with Crippen molar-refractivity contribution in [2.45, 2.75) is 51.7 Å². The van der Waals surface area contributed by atoms with Crippen molar-refractivity contribution in [1.29, 1.82) is 0 Å². The predicted octanol–water partition coefficient (Wildman–Crippen LogP) is 2.25. The molecule has 1 aliphatic carbocycles. The van der Waals surface area contributed by atoms with Crippen LogP contribution in [0.4, 0.5) is 5.69 Å². The summed E-state index contributed by atoms with van der Waals surface area (Å²) in [6, 6.07) is 5.87. The molecule has 2 heterocycles. The third-order valence-electron chi connectivity index (χ3n) is 4.84. The molecule has 0 spiro atoms. The Morgan fingerprint density at radius 3 is 2.71 bits per heavy atom. The Morgan fingerprint density at radius 2 is 2.05 bits per heavy atom. The number of hydrogen-bond acceptors (Lipinski definition) is 4. The van der Waals surface area contributed by atoms with Crippen LogP contribution in [0.1, 0.15) is 38.8 Å². The summed E-state index contributed by atoms with van der Waals surface area (Å²) in [5.74, 6) is 0. The van der Waals surface area contributed by atoms with Crippen molar-refractivity contribution in [2.24, 2.45) is 0 Å². The molecule has 1 aromatic rings. The van der Waals surface area contributed by atoms with Crippen LogP contribution in [-0.4, -0.2) is 48.1 Å². The Labute approximate surface area is 128 Å². The molecule has 1 unspecified atom stereocenters. The molecule has 4 nitrogen and oxygen atoms in total. The largest absolute Gasteiger partial charge is 0.369 e. The Balaban J connectivity index is 1.55. The van der Waals surface area contributed by atoms with E-state index in [9.17, 15) is 0 Å². The van der Waals surface area contributed by atoms with Gasteiger partial charge in [-0.2, -0.15) is 0 Å². The van der Waals surface area contributed by atoms with Crippen LogP contribution >= 0.6 is 0 Å². The second kappa shape index (κ2) is 6.75. The Morgan fingerprint density at radius 1 is 1.29 bits per heavy atom. The van der Waals surface area contributed by atoms with Crippen LogP contribution in [0.2, 0.25) is 0 Å². The molecule has 3 rings (SSSR count). The molecular weight excluding hydrogens is 260 g/mol. The van der Waals surface area contributed by atoms with Gasteiger partial charge in [0.2, 0.25) is 0 Å². The lowest BCUT2D eigenvalue weighted by atomic mass is 10.1. The van der Waals surface area contributed by atoms with Gasteiger partial charge in [0.05, 0.1) is 5.69 Å². The topological polar surface area (TPSA) is 31.4 Å². The lowest BCUT2D eigenvalue weighted by molar-refractivity contribution is 0.193. The van der Waals surface area contributed by atoms with E-state index in [-0.39, 0.29) is 0 Å². The van der Waals surface area contributed by atoms with Crippen molar-refractivity contribution in [3.63, 3.8) is 0 Å². The van der Waals surface area contributed by atoms with Crippen LogP contribution in [0.3, 0.4) is 0 Å². The van der Waals surface area contributed by atoms with Gasteiger partial charge in [-0.25, -0.2) is 0 Å². The molecule has 0 bridgehead atoms. The van der Waals surface area contributed by atoms with Gasteiger partial charge in [0.15, 0.2) is 0 Å². The van der Waals surface area contributed by atoms with Gasteiger partial charge in [0.1, 0.15) is 0 Å². The summed E-state index contributed by atoms with van der Waals surface area (Å²) in [5.41, 5.74) is 2.50. The molecule has 0 amide bonds. The summed E-state index contributed by atoms with van der Waals surface area (Å²) < 4.78 is 0. The average Bonchev–Trinajstić information content (AvgIpc) is 3.37. The van der Waals surface area contributed by atoms with Crippen LogP contribution in [0.25, 0.3) is 0 Å². The monoisotopic (exact) mass is 288 g/mol. The first-order valence-corrected chi connectivity index (χ1v) is 8.43. The van der Waals surface area contributed by atoms with Gasteiger partial charge in [-0.3, -0.25) is 9.88 Å². The van der Waals surface area contributed by atoms with E-state index >= 15 is 0 Å². The van der Waals surface area contributed by atoms with E-state index < -0.39 is 0 Å². The number of nitrogens with zero attached hydrogens (tertiary/aromatic N) is 3. The summed E-state index contributed by atoms with van der Waals surface area (Å²) >= 11 is 0. The number of aromatic nitrogens is 1. The molecule has 1 atom stereocenters. The van der Waals surface area contributed by atoms with Crippen LogP contribution in [0, 0.1) is 0 Å². The van der Waals surface area contributed by atoms with Crippen molar-refractivity contribution in [3.05, 3.63) is 24.0 Å². The number of hydrogen-bond donors (Lipinski definition) is 1. The highest BCUT2D eigenvalue weighted by atomic mass is 15.3.